The van der Waals surface area contributed by atoms with Gasteiger partial charge in [-0.25, -0.2) is 0 Å². The molecule has 0 aromatic carbocycles. The fourth-order valence-corrected chi connectivity index (χ4v) is 3.48. The van der Waals surface area contributed by atoms with Gasteiger partial charge in [0.05, 0.1) is 0 Å². The standard InChI is InChI=1S/C11H20O/c1-2-9-3-4-10-5-8(7-12)6-11(9)10/h8-12H,2-7H2,1H3. The molecule has 1 N–H and O–H groups in total. The number of aliphatic hydroxyl groups is 1. The van der Waals surface area contributed by atoms with Crippen molar-refractivity contribution in [2.24, 2.45) is 23.7 Å². The Kier molecular flexibility index (Phi) is 2.40. The second-order valence-electron chi connectivity index (χ2n) is 4.69. The maximum absolute atomic E-state index is 9.08. The van der Waals surface area contributed by atoms with Gasteiger partial charge in [-0.1, -0.05) is 13.3 Å². The number of hydrogen-bond acceptors (Lipinski definition) is 1. The predicted octanol–water partition coefficient (Wildman–Crippen LogP) is 2.44. The van der Waals surface area contributed by atoms with Crippen LogP contribution in [0.15, 0.2) is 0 Å². The lowest BCUT2D eigenvalue weighted by molar-refractivity contribution is 0.217. The largest absolute Gasteiger partial charge is 0.396 e. The average Bonchev–Trinajstić information content (AvgIpc) is 2.61. The summed E-state index contributed by atoms with van der Waals surface area (Å²) in [5.41, 5.74) is 0. The molecule has 0 saturated heterocycles. The molecule has 0 aliphatic heterocycles. The van der Waals surface area contributed by atoms with Crippen molar-refractivity contribution in [2.45, 2.75) is 39.0 Å². The van der Waals surface area contributed by atoms with Gasteiger partial charge in [0.1, 0.15) is 0 Å². The first-order chi connectivity index (χ1) is 5.85. The zero-order valence-corrected chi connectivity index (χ0v) is 8.00. The van der Waals surface area contributed by atoms with Crippen LogP contribution in [-0.2, 0) is 0 Å². The molecule has 2 aliphatic rings. The van der Waals surface area contributed by atoms with Gasteiger partial charge in [-0.2, -0.15) is 0 Å². The zero-order valence-electron chi connectivity index (χ0n) is 8.00. The lowest BCUT2D eigenvalue weighted by Gasteiger charge is -2.16. The molecule has 0 aromatic heterocycles. The van der Waals surface area contributed by atoms with Crippen LogP contribution in [0.1, 0.15) is 39.0 Å². The van der Waals surface area contributed by atoms with E-state index in [9.17, 15) is 0 Å². The summed E-state index contributed by atoms with van der Waals surface area (Å²) in [5, 5.41) is 9.08. The Labute approximate surface area is 75.2 Å². The van der Waals surface area contributed by atoms with Gasteiger partial charge in [-0.05, 0) is 49.4 Å². The first kappa shape index (κ1) is 8.55. The minimum atomic E-state index is 0.434. The van der Waals surface area contributed by atoms with Crippen molar-refractivity contribution in [2.75, 3.05) is 6.61 Å². The van der Waals surface area contributed by atoms with E-state index >= 15 is 0 Å². The highest BCUT2D eigenvalue weighted by molar-refractivity contribution is 4.91. The number of fused-ring (bicyclic) bond motifs is 1. The Bertz CT molecular complexity index is 155. The first-order valence-electron chi connectivity index (χ1n) is 5.46. The number of rotatable bonds is 2. The van der Waals surface area contributed by atoms with Crippen molar-refractivity contribution in [1.29, 1.82) is 0 Å². The third-order valence-corrected chi connectivity index (χ3v) is 4.14. The summed E-state index contributed by atoms with van der Waals surface area (Å²) in [6.45, 7) is 2.75. The van der Waals surface area contributed by atoms with E-state index in [0.717, 1.165) is 17.8 Å². The lowest BCUT2D eigenvalue weighted by Crippen LogP contribution is -2.09. The second-order valence-corrected chi connectivity index (χ2v) is 4.69. The minimum Gasteiger partial charge on any atom is -0.396 e. The predicted molar refractivity (Wildman–Crippen MR) is 49.8 cm³/mol. The van der Waals surface area contributed by atoms with Crippen LogP contribution in [0.25, 0.3) is 0 Å². The average molecular weight is 168 g/mol. The molecule has 0 heterocycles. The third-order valence-electron chi connectivity index (χ3n) is 4.14. The molecule has 70 valence electrons. The maximum atomic E-state index is 9.08. The maximum Gasteiger partial charge on any atom is 0.0459 e. The van der Waals surface area contributed by atoms with Crippen LogP contribution >= 0.6 is 0 Å². The quantitative estimate of drug-likeness (QED) is 0.671. The Morgan fingerprint density at radius 2 is 2.08 bits per heavy atom. The summed E-state index contributed by atoms with van der Waals surface area (Å²) in [4.78, 5) is 0. The van der Waals surface area contributed by atoms with Crippen LogP contribution < -0.4 is 0 Å². The number of hydrogen-bond donors (Lipinski definition) is 1. The molecule has 0 aromatic rings. The summed E-state index contributed by atoms with van der Waals surface area (Å²) in [7, 11) is 0. The van der Waals surface area contributed by atoms with Crippen molar-refractivity contribution in [3.8, 4) is 0 Å². The van der Waals surface area contributed by atoms with Crippen LogP contribution in [0.4, 0.5) is 0 Å². The molecule has 2 saturated carbocycles. The van der Waals surface area contributed by atoms with Crippen molar-refractivity contribution >= 4 is 0 Å². The van der Waals surface area contributed by atoms with Crippen LogP contribution in [0.5, 0.6) is 0 Å². The molecule has 0 amide bonds. The normalized spacial score (nSPS) is 46.5. The summed E-state index contributed by atoms with van der Waals surface area (Å²) in [6, 6.07) is 0. The van der Waals surface area contributed by atoms with Crippen LogP contribution in [0, 0.1) is 23.7 Å². The van der Waals surface area contributed by atoms with Crippen molar-refractivity contribution in [3.05, 3.63) is 0 Å². The molecule has 2 aliphatic carbocycles. The minimum absolute atomic E-state index is 0.434. The van der Waals surface area contributed by atoms with Gasteiger partial charge in [0.25, 0.3) is 0 Å². The molecule has 0 radical (unpaired) electrons. The molecule has 0 spiro atoms. The Morgan fingerprint density at radius 1 is 1.25 bits per heavy atom. The second kappa shape index (κ2) is 3.37. The van der Waals surface area contributed by atoms with Gasteiger partial charge in [0.15, 0.2) is 0 Å². The van der Waals surface area contributed by atoms with E-state index in [4.69, 9.17) is 5.11 Å². The van der Waals surface area contributed by atoms with E-state index < -0.39 is 0 Å². The summed E-state index contributed by atoms with van der Waals surface area (Å²) < 4.78 is 0. The zero-order chi connectivity index (χ0) is 8.55. The van der Waals surface area contributed by atoms with Gasteiger partial charge in [-0.3, -0.25) is 0 Å². The highest BCUT2D eigenvalue weighted by Gasteiger charge is 2.41. The molecular formula is C11H20O. The lowest BCUT2D eigenvalue weighted by atomic mass is 9.90. The monoisotopic (exact) mass is 168 g/mol. The summed E-state index contributed by atoms with van der Waals surface area (Å²) >= 11 is 0. The van der Waals surface area contributed by atoms with Crippen LogP contribution in [0.3, 0.4) is 0 Å². The highest BCUT2D eigenvalue weighted by Crippen LogP contribution is 2.50. The molecule has 4 unspecified atom stereocenters. The van der Waals surface area contributed by atoms with Gasteiger partial charge < -0.3 is 5.11 Å². The van der Waals surface area contributed by atoms with E-state index in [-0.39, 0.29) is 0 Å². The highest BCUT2D eigenvalue weighted by atomic mass is 16.3. The molecule has 2 fully saturated rings. The fourth-order valence-electron chi connectivity index (χ4n) is 3.48. The molecular weight excluding hydrogens is 148 g/mol. The first-order valence-corrected chi connectivity index (χ1v) is 5.46. The third kappa shape index (κ3) is 1.28. The van der Waals surface area contributed by atoms with E-state index in [1.807, 2.05) is 0 Å². The van der Waals surface area contributed by atoms with Crippen molar-refractivity contribution in [3.63, 3.8) is 0 Å². The molecule has 4 atom stereocenters. The molecule has 2 rings (SSSR count). The molecule has 0 bridgehead atoms. The Hall–Kier alpha value is -0.0400. The van der Waals surface area contributed by atoms with E-state index in [1.54, 1.807) is 0 Å². The number of aliphatic hydroxyl groups excluding tert-OH is 1. The van der Waals surface area contributed by atoms with E-state index in [0.29, 0.717) is 12.5 Å². The summed E-state index contributed by atoms with van der Waals surface area (Å²) in [6.07, 6.45) is 6.90. The SMILES string of the molecule is CCC1CCC2CC(CO)CC12. The molecule has 1 nitrogen and oxygen atoms in total. The molecule has 12 heavy (non-hydrogen) atoms. The van der Waals surface area contributed by atoms with Crippen molar-refractivity contribution < 1.29 is 5.11 Å². The fraction of sp³-hybridized carbons (Fsp3) is 1.00. The topological polar surface area (TPSA) is 20.2 Å². The van der Waals surface area contributed by atoms with Gasteiger partial charge in [-0.15, -0.1) is 0 Å². The van der Waals surface area contributed by atoms with E-state index in [1.165, 1.54) is 32.1 Å². The Morgan fingerprint density at radius 3 is 2.75 bits per heavy atom. The molecule has 1 heteroatoms. The van der Waals surface area contributed by atoms with E-state index in [2.05, 4.69) is 6.92 Å². The van der Waals surface area contributed by atoms with Gasteiger partial charge in [0.2, 0.25) is 0 Å². The van der Waals surface area contributed by atoms with Gasteiger partial charge in [0, 0.05) is 6.61 Å². The van der Waals surface area contributed by atoms with Crippen LogP contribution in [0.2, 0.25) is 0 Å². The van der Waals surface area contributed by atoms with Crippen LogP contribution in [-0.4, -0.2) is 11.7 Å². The van der Waals surface area contributed by atoms with Crippen molar-refractivity contribution in [1.82, 2.24) is 0 Å². The Balaban J connectivity index is 1.96. The smallest absolute Gasteiger partial charge is 0.0459 e. The van der Waals surface area contributed by atoms with Gasteiger partial charge >= 0.3 is 0 Å². The summed E-state index contributed by atoms with van der Waals surface area (Å²) in [5.74, 6) is 3.60.